The molecule has 5 N–H and O–H groups in total. The Labute approximate surface area is 207 Å². The zero-order valence-corrected chi connectivity index (χ0v) is 19.4. The molecule has 1 atom stereocenters. The van der Waals surface area contributed by atoms with Gasteiger partial charge in [0.05, 0.1) is 31.2 Å². The summed E-state index contributed by atoms with van der Waals surface area (Å²) in [5.74, 6) is -0.0431. The molecule has 2 aromatic heterocycles. The van der Waals surface area contributed by atoms with Crippen molar-refractivity contribution >= 4 is 11.7 Å². The third-order valence-corrected chi connectivity index (χ3v) is 5.44. The van der Waals surface area contributed by atoms with Crippen molar-refractivity contribution in [3.8, 4) is 28.4 Å². The molecule has 0 aliphatic heterocycles. The number of aromatic nitrogens is 4. The number of nitrogens with zero attached hydrogens (tertiary/aromatic N) is 4. The van der Waals surface area contributed by atoms with E-state index in [9.17, 15) is 9.59 Å². The third-order valence-electron chi connectivity index (χ3n) is 5.44. The summed E-state index contributed by atoms with van der Waals surface area (Å²) >= 11 is 0. The first-order chi connectivity index (χ1) is 17.4. The maximum atomic E-state index is 12.4. The molecule has 0 radical (unpaired) electrons. The van der Waals surface area contributed by atoms with Crippen molar-refractivity contribution in [2.75, 3.05) is 12.3 Å². The molecule has 4 aromatic rings. The SMILES string of the molecule is Nc1cccc(-c2ccc(=O)n(Cc3cccc(-c4ncc(OCCC[C@H](N)C(=O)O)cn4)c3)n2)c1. The lowest BCUT2D eigenvalue weighted by Gasteiger charge is -2.10. The van der Waals surface area contributed by atoms with Gasteiger partial charge in [-0.2, -0.15) is 5.10 Å². The average molecular weight is 487 g/mol. The molecule has 4 rings (SSSR count). The van der Waals surface area contributed by atoms with Gasteiger partial charge in [0.15, 0.2) is 11.6 Å². The molecule has 0 amide bonds. The van der Waals surface area contributed by atoms with E-state index in [1.807, 2.05) is 42.5 Å². The van der Waals surface area contributed by atoms with E-state index in [4.69, 9.17) is 21.3 Å². The summed E-state index contributed by atoms with van der Waals surface area (Å²) in [5, 5.41) is 13.3. The largest absolute Gasteiger partial charge is 0.490 e. The topological polar surface area (TPSA) is 159 Å². The highest BCUT2D eigenvalue weighted by Gasteiger charge is 2.11. The molecule has 0 spiro atoms. The standard InChI is InChI=1S/C26H26N6O4/c27-20-7-2-5-18(13-20)23-9-10-24(33)32(31-23)16-17-4-1-6-19(12-17)25-29-14-21(15-30-25)36-11-3-8-22(28)26(34)35/h1-2,4-7,9-10,12-15,22H,3,8,11,16,27-28H2,(H,34,35)/t22-/m0/s1. The molecule has 0 unspecified atom stereocenters. The van der Waals surface area contributed by atoms with E-state index < -0.39 is 12.0 Å². The van der Waals surface area contributed by atoms with Gasteiger partial charge in [0.2, 0.25) is 0 Å². The van der Waals surface area contributed by atoms with E-state index >= 15 is 0 Å². The molecule has 10 heteroatoms. The van der Waals surface area contributed by atoms with Crippen molar-refractivity contribution in [3.05, 3.63) is 89.0 Å². The predicted molar refractivity (Wildman–Crippen MR) is 135 cm³/mol. The zero-order chi connectivity index (χ0) is 25.5. The summed E-state index contributed by atoms with van der Waals surface area (Å²) in [5.41, 5.74) is 14.9. The van der Waals surface area contributed by atoms with Crippen LogP contribution in [-0.2, 0) is 11.3 Å². The summed E-state index contributed by atoms with van der Waals surface area (Å²) in [7, 11) is 0. The number of hydrogen-bond acceptors (Lipinski definition) is 8. The lowest BCUT2D eigenvalue weighted by atomic mass is 10.1. The van der Waals surface area contributed by atoms with Gasteiger partial charge in [-0.25, -0.2) is 14.6 Å². The highest BCUT2D eigenvalue weighted by atomic mass is 16.5. The van der Waals surface area contributed by atoms with Crippen LogP contribution >= 0.6 is 0 Å². The highest BCUT2D eigenvalue weighted by molar-refractivity contribution is 5.72. The van der Waals surface area contributed by atoms with Gasteiger partial charge in [-0.1, -0.05) is 30.3 Å². The smallest absolute Gasteiger partial charge is 0.320 e. The Bertz CT molecular complexity index is 1400. The van der Waals surface area contributed by atoms with Crippen molar-refractivity contribution in [3.63, 3.8) is 0 Å². The second-order valence-electron chi connectivity index (χ2n) is 8.22. The quantitative estimate of drug-likeness (QED) is 0.226. The van der Waals surface area contributed by atoms with Crippen LogP contribution < -0.4 is 21.8 Å². The molecule has 0 saturated heterocycles. The first-order valence-corrected chi connectivity index (χ1v) is 11.4. The molecule has 184 valence electrons. The van der Waals surface area contributed by atoms with E-state index in [-0.39, 0.29) is 12.1 Å². The zero-order valence-electron chi connectivity index (χ0n) is 19.4. The fourth-order valence-electron chi connectivity index (χ4n) is 3.55. The molecule has 36 heavy (non-hydrogen) atoms. The molecular weight excluding hydrogens is 460 g/mol. The van der Waals surface area contributed by atoms with Gasteiger partial charge in [0.1, 0.15) is 6.04 Å². The Hall–Kier alpha value is -4.57. The molecule has 0 aliphatic rings. The van der Waals surface area contributed by atoms with Crippen molar-refractivity contribution in [2.45, 2.75) is 25.4 Å². The minimum atomic E-state index is -1.03. The van der Waals surface area contributed by atoms with Crippen LogP contribution in [0.4, 0.5) is 5.69 Å². The van der Waals surface area contributed by atoms with Gasteiger partial charge in [0.25, 0.3) is 5.56 Å². The Morgan fingerprint density at radius 2 is 1.78 bits per heavy atom. The number of nitrogen functional groups attached to an aromatic ring is 1. The van der Waals surface area contributed by atoms with E-state index in [1.165, 1.54) is 10.7 Å². The van der Waals surface area contributed by atoms with E-state index in [0.29, 0.717) is 42.4 Å². The number of nitrogens with two attached hydrogens (primary N) is 2. The van der Waals surface area contributed by atoms with Gasteiger partial charge in [0, 0.05) is 22.9 Å². The van der Waals surface area contributed by atoms with Crippen molar-refractivity contribution in [1.29, 1.82) is 0 Å². The second kappa shape index (κ2) is 11.2. The number of rotatable bonds is 10. The summed E-state index contributed by atoms with van der Waals surface area (Å²) in [4.78, 5) is 31.9. The predicted octanol–water partition coefficient (Wildman–Crippen LogP) is 2.57. The molecular formula is C26H26N6O4. The minimum absolute atomic E-state index is 0.213. The normalized spacial score (nSPS) is 11.7. The second-order valence-corrected chi connectivity index (χ2v) is 8.22. The van der Waals surface area contributed by atoms with Gasteiger partial charge in [-0.3, -0.25) is 9.59 Å². The van der Waals surface area contributed by atoms with Crippen LogP contribution in [0.3, 0.4) is 0 Å². The fraction of sp³-hybridized carbons (Fsp3) is 0.192. The molecule has 2 heterocycles. The van der Waals surface area contributed by atoms with Gasteiger partial charge < -0.3 is 21.3 Å². The number of benzene rings is 2. The molecule has 0 bridgehead atoms. The third kappa shape index (κ3) is 6.30. The van der Waals surface area contributed by atoms with E-state index in [0.717, 1.165) is 16.7 Å². The van der Waals surface area contributed by atoms with Crippen LogP contribution in [-0.4, -0.2) is 43.5 Å². The van der Waals surface area contributed by atoms with E-state index in [2.05, 4.69) is 15.1 Å². The number of carboxylic acids is 1. The lowest BCUT2D eigenvalue weighted by molar-refractivity contribution is -0.138. The molecule has 2 aromatic carbocycles. The van der Waals surface area contributed by atoms with Gasteiger partial charge in [-0.05, 0) is 42.7 Å². The van der Waals surface area contributed by atoms with Crippen LogP contribution in [0.2, 0.25) is 0 Å². The van der Waals surface area contributed by atoms with E-state index in [1.54, 1.807) is 24.5 Å². The summed E-state index contributed by atoms with van der Waals surface area (Å²) in [6.07, 6.45) is 3.95. The van der Waals surface area contributed by atoms with Crippen molar-refractivity contribution in [2.24, 2.45) is 5.73 Å². The van der Waals surface area contributed by atoms with Crippen LogP contribution in [0.1, 0.15) is 18.4 Å². The maximum Gasteiger partial charge on any atom is 0.320 e. The number of aliphatic carboxylic acids is 1. The van der Waals surface area contributed by atoms with Crippen molar-refractivity contribution in [1.82, 2.24) is 19.7 Å². The highest BCUT2D eigenvalue weighted by Crippen LogP contribution is 2.20. The Morgan fingerprint density at radius 1 is 1.03 bits per heavy atom. The maximum absolute atomic E-state index is 12.4. The average Bonchev–Trinajstić information content (AvgIpc) is 2.88. The van der Waals surface area contributed by atoms with Crippen LogP contribution in [0.5, 0.6) is 5.75 Å². The Morgan fingerprint density at radius 3 is 2.53 bits per heavy atom. The molecule has 0 fully saturated rings. The number of ether oxygens (including phenoxy) is 1. The summed E-state index contributed by atoms with van der Waals surface area (Å²) < 4.78 is 6.98. The lowest BCUT2D eigenvalue weighted by Crippen LogP contribution is -2.30. The monoisotopic (exact) mass is 486 g/mol. The number of carbonyl (C=O) groups is 1. The van der Waals surface area contributed by atoms with Gasteiger partial charge in [-0.15, -0.1) is 0 Å². The molecule has 10 nitrogen and oxygen atoms in total. The van der Waals surface area contributed by atoms with Gasteiger partial charge >= 0.3 is 5.97 Å². The van der Waals surface area contributed by atoms with Crippen LogP contribution in [0, 0.1) is 0 Å². The van der Waals surface area contributed by atoms with Crippen molar-refractivity contribution < 1.29 is 14.6 Å². The number of anilines is 1. The minimum Gasteiger partial charge on any atom is -0.490 e. The molecule has 0 aliphatic carbocycles. The Kier molecular flexibility index (Phi) is 7.66. The van der Waals surface area contributed by atoms with Crippen LogP contribution in [0.25, 0.3) is 22.6 Å². The number of hydrogen-bond donors (Lipinski definition) is 3. The summed E-state index contributed by atoms with van der Waals surface area (Å²) in [6, 6.07) is 17.2. The summed E-state index contributed by atoms with van der Waals surface area (Å²) in [6.45, 7) is 0.595. The Balaban J connectivity index is 1.43. The van der Waals surface area contributed by atoms with Crippen LogP contribution in [0.15, 0.2) is 77.9 Å². The first kappa shape index (κ1) is 24.6. The first-order valence-electron chi connectivity index (χ1n) is 11.4. The fourth-order valence-corrected chi connectivity index (χ4v) is 3.55. The number of carboxylic acid groups (broad SMARTS) is 1. The molecule has 0 saturated carbocycles.